The van der Waals surface area contributed by atoms with Gasteiger partial charge in [0, 0.05) is 12.5 Å². The third-order valence-corrected chi connectivity index (χ3v) is 2.15. The normalized spacial score (nSPS) is 19.6. The predicted octanol–water partition coefficient (Wildman–Crippen LogP) is 1.66. The molecule has 0 aromatic heterocycles. The van der Waals surface area contributed by atoms with Crippen molar-refractivity contribution in [2.75, 3.05) is 6.54 Å². The van der Waals surface area contributed by atoms with Crippen molar-refractivity contribution >= 4 is 43.1 Å². The van der Waals surface area contributed by atoms with Crippen LogP contribution in [0.2, 0.25) is 0 Å². The molecule has 0 aromatic rings. The lowest BCUT2D eigenvalue weighted by atomic mass is 10.0. The van der Waals surface area contributed by atoms with E-state index < -0.39 is 0 Å². The molecule has 0 radical (unpaired) electrons. The molecule has 6 heteroatoms. The smallest absolute Gasteiger partial charge is 0.217 e. The van der Waals surface area contributed by atoms with Crippen LogP contribution >= 0.6 is 37.2 Å². The van der Waals surface area contributed by atoms with E-state index in [1.165, 1.54) is 19.3 Å². The minimum atomic E-state index is -0.183. The van der Waals surface area contributed by atoms with Crippen molar-refractivity contribution in [3.63, 3.8) is 0 Å². The molecule has 1 fully saturated rings. The Labute approximate surface area is 104 Å². The molecule has 1 unspecified atom stereocenters. The van der Waals surface area contributed by atoms with E-state index in [-0.39, 0.29) is 43.1 Å². The van der Waals surface area contributed by atoms with E-state index in [1.807, 2.05) is 0 Å². The van der Waals surface area contributed by atoms with Crippen molar-refractivity contribution in [2.45, 2.75) is 38.1 Å². The molecule has 3 N–H and O–H groups in total. The second-order valence-corrected chi connectivity index (χ2v) is 3.15. The van der Waals surface area contributed by atoms with Crippen LogP contribution in [0.15, 0.2) is 0 Å². The summed E-state index contributed by atoms with van der Waals surface area (Å²) < 4.78 is 0. The van der Waals surface area contributed by atoms with Gasteiger partial charge in [0.2, 0.25) is 5.91 Å². The van der Waals surface area contributed by atoms with Gasteiger partial charge >= 0.3 is 0 Å². The number of nitrogens with two attached hydrogens (primary N) is 1. The van der Waals surface area contributed by atoms with Gasteiger partial charge in [0.25, 0.3) is 0 Å². The number of piperidine rings is 1. The average molecular weight is 266 g/mol. The molecule has 1 rings (SSSR count). The van der Waals surface area contributed by atoms with Gasteiger partial charge in [-0.25, -0.2) is 0 Å². The van der Waals surface area contributed by atoms with E-state index in [4.69, 9.17) is 5.73 Å². The summed E-state index contributed by atoms with van der Waals surface area (Å²) in [6.45, 7) is 1.10. The molecule has 0 spiro atoms. The van der Waals surface area contributed by atoms with Gasteiger partial charge < -0.3 is 11.1 Å². The highest BCUT2D eigenvalue weighted by molar-refractivity contribution is 5.86. The fourth-order valence-corrected chi connectivity index (χ4v) is 1.49. The zero-order chi connectivity index (χ0) is 8.10. The quantitative estimate of drug-likeness (QED) is 0.815. The van der Waals surface area contributed by atoms with Gasteiger partial charge in [0.15, 0.2) is 0 Å². The Hall–Kier alpha value is 0.300. The number of hydrogen-bond acceptors (Lipinski definition) is 2. The highest BCUT2D eigenvalue weighted by Gasteiger charge is 2.12. The van der Waals surface area contributed by atoms with Crippen LogP contribution in [0.4, 0.5) is 0 Å². The lowest BCUT2D eigenvalue weighted by molar-refractivity contribution is -0.118. The first-order chi connectivity index (χ1) is 5.29. The average Bonchev–Trinajstić information content (AvgIpc) is 2.03. The van der Waals surface area contributed by atoms with Gasteiger partial charge in [0.05, 0.1) is 0 Å². The van der Waals surface area contributed by atoms with Crippen LogP contribution in [0.1, 0.15) is 32.1 Å². The molecule has 0 saturated carbocycles. The van der Waals surface area contributed by atoms with Gasteiger partial charge in [-0.1, -0.05) is 6.42 Å². The largest absolute Gasteiger partial charge is 0.370 e. The van der Waals surface area contributed by atoms with Crippen molar-refractivity contribution in [1.29, 1.82) is 0 Å². The lowest BCUT2D eigenvalue weighted by Gasteiger charge is -2.22. The van der Waals surface area contributed by atoms with E-state index in [9.17, 15) is 4.79 Å². The minimum Gasteiger partial charge on any atom is -0.370 e. The number of amides is 1. The maximum atomic E-state index is 10.4. The molecule has 3 nitrogen and oxygen atoms in total. The summed E-state index contributed by atoms with van der Waals surface area (Å²) in [5.74, 6) is -0.183. The van der Waals surface area contributed by atoms with Gasteiger partial charge in [-0.3, -0.25) is 4.79 Å². The number of halogens is 3. The zero-order valence-electron chi connectivity index (χ0n) is 8.03. The Balaban J connectivity index is -0.000000403. The molecule has 14 heavy (non-hydrogen) atoms. The lowest BCUT2D eigenvalue weighted by Crippen LogP contribution is -2.34. The first kappa shape index (κ1) is 19.8. The molecule has 0 bridgehead atoms. The number of carbonyl (C=O) groups excluding carboxylic acids is 1. The maximum Gasteiger partial charge on any atom is 0.217 e. The summed E-state index contributed by atoms with van der Waals surface area (Å²) in [4.78, 5) is 10.4. The zero-order valence-corrected chi connectivity index (χ0v) is 10.5. The topological polar surface area (TPSA) is 55.1 Å². The van der Waals surface area contributed by atoms with Crippen LogP contribution in [0.25, 0.3) is 0 Å². The van der Waals surface area contributed by atoms with Crippen LogP contribution in [0.5, 0.6) is 0 Å². The summed E-state index contributed by atoms with van der Waals surface area (Å²) in [5, 5.41) is 3.37. The molecule has 1 aliphatic rings. The van der Waals surface area contributed by atoms with E-state index in [2.05, 4.69) is 5.32 Å². The van der Waals surface area contributed by atoms with E-state index >= 15 is 0 Å². The Kier molecular flexibility index (Phi) is 16.1. The molecule has 1 atom stereocenters. The van der Waals surface area contributed by atoms with Crippen molar-refractivity contribution < 1.29 is 4.79 Å². The third-order valence-electron chi connectivity index (χ3n) is 2.15. The molecule has 0 aliphatic carbocycles. The van der Waals surface area contributed by atoms with E-state index in [0.717, 1.165) is 13.0 Å². The minimum absolute atomic E-state index is 0. The van der Waals surface area contributed by atoms with Crippen LogP contribution in [-0.2, 0) is 4.79 Å². The van der Waals surface area contributed by atoms with Crippen LogP contribution < -0.4 is 11.1 Å². The summed E-state index contributed by atoms with van der Waals surface area (Å²) >= 11 is 0. The SMILES string of the molecule is Cl.Cl.Cl.NC(=O)CCC1CCCCN1. The molecule has 88 valence electrons. The second-order valence-electron chi connectivity index (χ2n) is 3.15. The first-order valence-electron chi connectivity index (χ1n) is 4.31. The highest BCUT2D eigenvalue weighted by atomic mass is 35.5. The number of hydrogen-bond donors (Lipinski definition) is 2. The van der Waals surface area contributed by atoms with Crippen molar-refractivity contribution in [3.05, 3.63) is 0 Å². The number of carbonyl (C=O) groups is 1. The summed E-state index contributed by atoms with van der Waals surface area (Å²) in [5.41, 5.74) is 5.04. The van der Waals surface area contributed by atoms with Gasteiger partial charge in [-0.05, 0) is 25.8 Å². The van der Waals surface area contributed by atoms with Gasteiger partial charge in [-0.15, -0.1) is 37.2 Å². The number of rotatable bonds is 3. The van der Waals surface area contributed by atoms with E-state index in [0.29, 0.717) is 12.5 Å². The molecular formula is C8H19Cl3N2O. The molecule has 1 saturated heterocycles. The third kappa shape index (κ3) is 8.88. The Morgan fingerprint density at radius 1 is 1.29 bits per heavy atom. The maximum absolute atomic E-state index is 10.4. The van der Waals surface area contributed by atoms with Crippen LogP contribution in [0, 0.1) is 0 Å². The predicted molar refractivity (Wildman–Crippen MR) is 65.8 cm³/mol. The number of nitrogens with one attached hydrogen (secondary N) is 1. The number of primary amides is 1. The molecule has 0 aromatic carbocycles. The Bertz CT molecular complexity index is 141. The summed E-state index contributed by atoms with van der Waals surface area (Å²) in [6.07, 6.45) is 5.20. The van der Waals surface area contributed by atoms with Crippen LogP contribution in [0.3, 0.4) is 0 Å². The standard InChI is InChI=1S/C8H16N2O.3ClH/c9-8(11)5-4-7-3-1-2-6-10-7;;;/h7,10H,1-6H2,(H2,9,11);3*1H. The van der Waals surface area contributed by atoms with Crippen molar-refractivity contribution in [1.82, 2.24) is 5.32 Å². The molecule has 1 amide bonds. The van der Waals surface area contributed by atoms with Crippen molar-refractivity contribution in [2.24, 2.45) is 5.73 Å². The highest BCUT2D eigenvalue weighted by Crippen LogP contribution is 2.10. The summed E-state index contributed by atoms with van der Waals surface area (Å²) in [7, 11) is 0. The fourth-order valence-electron chi connectivity index (χ4n) is 1.49. The molecule has 1 aliphatic heterocycles. The first-order valence-corrected chi connectivity index (χ1v) is 4.31. The Morgan fingerprint density at radius 2 is 1.93 bits per heavy atom. The molecular weight excluding hydrogens is 246 g/mol. The fraction of sp³-hybridized carbons (Fsp3) is 0.875. The molecule has 1 heterocycles. The van der Waals surface area contributed by atoms with Gasteiger partial charge in [0.1, 0.15) is 0 Å². The second kappa shape index (κ2) is 11.4. The van der Waals surface area contributed by atoms with Crippen LogP contribution in [-0.4, -0.2) is 18.5 Å². The van der Waals surface area contributed by atoms with Gasteiger partial charge in [-0.2, -0.15) is 0 Å². The van der Waals surface area contributed by atoms with Crippen molar-refractivity contribution in [3.8, 4) is 0 Å². The van der Waals surface area contributed by atoms with E-state index in [1.54, 1.807) is 0 Å². The monoisotopic (exact) mass is 264 g/mol. The Morgan fingerprint density at radius 3 is 2.36 bits per heavy atom. The summed E-state index contributed by atoms with van der Waals surface area (Å²) in [6, 6.07) is 0.538.